The lowest BCUT2D eigenvalue weighted by atomic mass is 10.2. The van der Waals surface area contributed by atoms with Crippen molar-refractivity contribution < 1.29 is 9.53 Å². The lowest BCUT2D eigenvalue weighted by molar-refractivity contribution is 0.0589. The topological polar surface area (TPSA) is 32.8 Å². The molecular weight excluding hydrogens is 252 g/mol. The number of benzene rings is 1. The molecule has 1 amide bonds. The van der Waals surface area contributed by atoms with Crippen LogP contribution in [0.25, 0.3) is 0 Å². The smallest absolute Gasteiger partial charge is 0.414 e. The van der Waals surface area contributed by atoms with Gasteiger partial charge >= 0.3 is 6.09 Å². The van der Waals surface area contributed by atoms with Crippen molar-refractivity contribution in [2.24, 2.45) is 0 Å². The summed E-state index contributed by atoms with van der Waals surface area (Å²) in [7, 11) is 1.75. The van der Waals surface area contributed by atoms with Crippen LogP contribution in [0.4, 0.5) is 16.2 Å². The first-order valence-electron chi connectivity index (χ1n) is 7.18. The Balaban J connectivity index is 2.11. The first-order chi connectivity index (χ1) is 9.37. The molecule has 0 unspecified atom stereocenters. The van der Waals surface area contributed by atoms with E-state index >= 15 is 0 Å². The van der Waals surface area contributed by atoms with E-state index in [1.807, 2.05) is 32.9 Å². The number of ether oxygens (including phenoxy) is 1. The Morgan fingerprint density at radius 2 is 1.90 bits per heavy atom. The van der Waals surface area contributed by atoms with E-state index in [2.05, 4.69) is 17.0 Å². The molecule has 1 aliphatic heterocycles. The van der Waals surface area contributed by atoms with Crippen LogP contribution in [-0.2, 0) is 4.74 Å². The van der Waals surface area contributed by atoms with Crippen LogP contribution in [0.5, 0.6) is 0 Å². The van der Waals surface area contributed by atoms with Gasteiger partial charge in [-0.05, 0) is 51.8 Å². The zero-order valence-electron chi connectivity index (χ0n) is 12.8. The van der Waals surface area contributed by atoms with Gasteiger partial charge in [-0.25, -0.2) is 4.79 Å². The Kier molecular flexibility index (Phi) is 4.21. The molecule has 1 saturated heterocycles. The summed E-state index contributed by atoms with van der Waals surface area (Å²) >= 11 is 0. The number of amides is 1. The highest BCUT2D eigenvalue weighted by Gasteiger charge is 2.21. The van der Waals surface area contributed by atoms with E-state index in [9.17, 15) is 4.79 Å². The Morgan fingerprint density at radius 3 is 2.50 bits per heavy atom. The van der Waals surface area contributed by atoms with Gasteiger partial charge < -0.3 is 9.64 Å². The van der Waals surface area contributed by atoms with E-state index in [0.29, 0.717) is 0 Å². The number of hydrogen-bond acceptors (Lipinski definition) is 3. The molecule has 0 N–H and O–H groups in total. The fourth-order valence-corrected chi connectivity index (χ4v) is 2.31. The lowest BCUT2D eigenvalue weighted by Gasteiger charge is -2.26. The molecule has 0 aliphatic carbocycles. The maximum absolute atomic E-state index is 12.1. The monoisotopic (exact) mass is 276 g/mol. The van der Waals surface area contributed by atoms with Gasteiger partial charge in [0.15, 0.2) is 0 Å². The average molecular weight is 276 g/mol. The zero-order chi connectivity index (χ0) is 14.8. The fraction of sp³-hybridized carbons (Fsp3) is 0.562. The van der Waals surface area contributed by atoms with E-state index in [1.54, 1.807) is 11.9 Å². The average Bonchev–Trinajstić information content (AvgIpc) is 2.90. The molecule has 0 saturated carbocycles. The molecule has 0 bridgehead atoms. The predicted molar refractivity (Wildman–Crippen MR) is 82.5 cm³/mol. The van der Waals surface area contributed by atoms with Gasteiger partial charge in [-0.3, -0.25) is 4.90 Å². The maximum Gasteiger partial charge on any atom is 0.414 e. The molecular formula is C16H24N2O2. The molecule has 4 heteroatoms. The van der Waals surface area contributed by atoms with Crippen molar-refractivity contribution in [2.45, 2.75) is 39.2 Å². The SMILES string of the molecule is CN(C(=O)OC(C)(C)C)c1cccc(N2CCCC2)c1. The maximum atomic E-state index is 12.1. The molecule has 1 aliphatic rings. The van der Waals surface area contributed by atoms with Crippen molar-refractivity contribution >= 4 is 17.5 Å². The van der Waals surface area contributed by atoms with Gasteiger partial charge in [-0.1, -0.05) is 6.07 Å². The molecule has 20 heavy (non-hydrogen) atoms. The number of nitrogens with zero attached hydrogens (tertiary/aromatic N) is 2. The van der Waals surface area contributed by atoms with E-state index < -0.39 is 5.60 Å². The van der Waals surface area contributed by atoms with Gasteiger partial charge in [0.25, 0.3) is 0 Å². The van der Waals surface area contributed by atoms with Crippen molar-refractivity contribution in [1.82, 2.24) is 0 Å². The molecule has 1 heterocycles. The van der Waals surface area contributed by atoms with Crippen LogP contribution in [0.15, 0.2) is 24.3 Å². The van der Waals surface area contributed by atoms with Crippen molar-refractivity contribution in [3.63, 3.8) is 0 Å². The highest BCUT2D eigenvalue weighted by atomic mass is 16.6. The number of carbonyl (C=O) groups is 1. The molecule has 110 valence electrons. The van der Waals surface area contributed by atoms with Gasteiger partial charge in [0.2, 0.25) is 0 Å². The number of rotatable bonds is 2. The fourth-order valence-electron chi connectivity index (χ4n) is 2.31. The van der Waals surface area contributed by atoms with Crippen molar-refractivity contribution in [2.75, 3.05) is 29.9 Å². The quantitative estimate of drug-likeness (QED) is 0.826. The molecule has 1 fully saturated rings. The summed E-state index contributed by atoms with van der Waals surface area (Å²) in [5.74, 6) is 0. The number of anilines is 2. The van der Waals surface area contributed by atoms with Crippen molar-refractivity contribution in [1.29, 1.82) is 0 Å². The highest BCUT2D eigenvalue weighted by molar-refractivity contribution is 5.88. The van der Waals surface area contributed by atoms with Gasteiger partial charge in [-0.15, -0.1) is 0 Å². The van der Waals surface area contributed by atoms with Crippen LogP contribution < -0.4 is 9.80 Å². The third-order valence-electron chi connectivity index (χ3n) is 3.36. The van der Waals surface area contributed by atoms with Crippen LogP contribution >= 0.6 is 0 Å². The molecule has 0 aromatic heterocycles. The van der Waals surface area contributed by atoms with E-state index in [-0.39, 0.29) is 6.09 Å². The minimum atomic E-state index is -0.474. The van der Waals surface area contributed by atoms with Crippen LogP contribution in [0, 0.1) is 0 Å². The number of hydrogen-bond donors (Lipinski definition) is 0. The van der Waals surface area contributed by atoms with Crippen molar-refractivity contribution in [3.8, 4) is 0 Å². The van der Waals surface area contributed by atoms with Gasteiger partial charge in [0, 0.05) is 31.5 Å². The Hall–Kier alpha value is -1.71. The predicted octanol–water partition coefficient (Wildman–Crippen LogP) is 3.66. The largest absolute Gasteiger partial charge is 0.443 e. The van der Waals surface area contributed by atoms with Crippen LogP contribution in [0.3, 0.4) is 0 Å². The number of carbonyl (C=O) groups excluding carboxylic acids is 1. The highest BCUT2D eigenvalue weighted by Crippen LogP contribution is 2.25. The third kappa shape index (κ3) is 3.65. The molecule has 0 spiro atoms. The summed E-state index contributed by atoms with van der Waals surface area (Å²) in [5.41, 5.74) is 1.57. The summed E-state index contributed by atoms with van der Waals surface area (Å²) in [5, 5.41) is 0. The Labute approximate surface area is 121 Å². The summed E-state index contributed by atoms with van der Waals surface area (Å²) in [6.45, 7) is 7.82. The minimum Gasteiger partial charge on any atom is -0.443 e. The Bertz CT molecular complexity index is 474. The summed E-state index contributed by atoms with van der Waals surface area (Å²) in [6.07, 6.45) is 2.16. The van der Waals surface area contributed by atoms with Crippen molar-refractivity contribution in [3.05, 3.63) is 24.3 Å². The zero-order valence-corrected chi connectivity index (χ0v) is 12.8. The first-order valence-corrected chi connectivity index (χ1v) is 7.18. The van der Waals surface area contributed by atoms with E-state index in [4.69, 9.17) is 4.74 Å². The molecule has 2 rings (SSSR count). The molecule has 1 aromatic rings. The molecule has 0 atom stereocenters. The second-order valence-corrected chi connectivity index (χ2v) is 6.25. The summed E-state index contributed by atoms with van der Waals surface area (Å²) in [6, 6.07) is 8.07. The molecule has 4 nitrogen and oxygen atoms in total. The van der Waals surface area contributed by atoms with E-state index in [1.165, 1.54) is 18.5 Å². The van der Waals surface area contributed by atoms with Gasteiger partial charge in [0.05, 0.1) is 0 Å². The first kappa shape index (κ1) is 14.7. The minimum absolute atomic E-state index is 0.323. The Morgan fingerprint density at radius 1 is 1.25 bits per heavy atom. The van der Waals surface area contributed by atoms with E-state index in [0.717, 1.165) is 18.8 Å². The second-order valence-electron chi connectivity index (χ2n) is 6.25. The standard InChI is InChI=1S/C16H24N2O2/c1-16(2,3)20-15(19)17(4)13-8-7-9-14(12-13)18-10-5-6-11-18/h7-9,12H,5-6,10-11H2,1-4H3. The van der Waals surface area contributed by atoms with Gasteiger partial charge in [0.1, 0.15) is 5.60 Å². The molecule has 0 radical (unpaired) electrons. The summed E-state index contributed by atoms with van der Waals surface area (Å²) in [4.78, 5) is 16.0. The summed E-state index contributed by atoms with van der Waals surface area (Å²) < 4.78 is 5.39. The van der Waals surface area contributed by atoms with Gasteiger partial charge in [-0.2, -0.15) is 0 Å². The third-order valence-corrected chi connectivity index (χ3v) is 3.36. The normalized spacial score (nSPS) is 15.3. The lowest BCUT2D eigenvalue weighted by Crippen LogP contribution is -2.34. The van der Waals surface area contributed by atoms with Crippen LogP contribution in [0.2, 0.25) is 0 Å². The van der Waals surface area contributed by atoms with Crippen LogP contribution in [0.1, 0.15) is 33.6 Å². The second kappa shape index (κ2) is 5.73. The van der Waals surface area contributed by atoms with Crippen LogP contribution in [-0.4, -0.2) is 31.8 Å². The molecule has 1 aromatic carbocycles.